The summed E-state index contributed by atoms with van der Waals surface area (Å²) in [6.45, 7) is 6.63. The third-order valence-corrected chi connectivity index (χ3v) is 4.55. The molecule has 3 nitrogen and oxygen atoms in total. The molecule has 1 aromatic carbocycles. The Hall–Kier alpha value is -2.05. The van der Waals surface area contributed by atoms with Gasteiger partial charge in [-0.05, 0) is 25.2 Å². The van der Waals surface area contributed by atoms with Crippen LogP contribution in [0.5, 0.6) is 5.75 Å². The lowest BCUT2D eigenvalue weighted by atomic mass is 10.1. The van der Waals surface area contributed by atoms with Gasteiger partial charge in [-0.1, -0.05) is 25.5 Å². The summed E-state index contributed by atoms with van der Waals surface area (Å²) in [4.78, 5) is 12.2. The van der Waals surface area contributed by atoms with E-state index in [1.165, 1.54) is 0 Å². The molecule has 1 aliphatic rings. The molecule has 1 aliphatic carbocycles. The molecule has 0 N–H and O–H groups in total. The molecule has 0 aliphatic heterocycles. The first kappa shape index (κ1) is 19.3. The molecule has 0 aromatic heterocycles. The summed E-state index contributed by atoms with van der Waals surface area (Å²) in [6, 6.07) is 0. The second-order valence-electron chi connectivity index (χ2n) is 6.94. The number of hydrogen-bond acceptors (Lipinski definition) is 3. The highest BCUT2D eigenvalue weighted by atomic mass is 19.2. The molecule has 0 spiro atoms. The molecule has 2 atom stereocenters. The number of hydrogen-bond donors (Lipinski definition) is 0. The van der Waals surface area contributed by atoms with Crippen LogP contribution in [0.1, 0.15) is 33.3 Å². The van der Waals surface area contributed by atoms with Gasteiger partial charge >= 0.3 is 5.97 Å². The zero-order valence-corrected chi connectivity index (χ0v) is 14.7. The minimum atomic E-state index is -1.67. The maximum Gasteiger partial charge on any atom is 0.310 e. The normalized spacial score (nSPS) is 20.8. The van der Waals surface area contributed by atoms with E-state index in [4.69, 9.17) is 4.74 Å². The number of benzene rings is 1. The van der Waals surface area contributed by atoms with Crippen LogP contribution < -0.4 is 4.74 Å². The Labute approximate surface area is 143 Å². The molecule has 0 unspecified atom stereocenters. The van der Waals surface area contributed by atoms with Crippen molar-refractivity contribution in [1.82, 2.24) is 0 Å². The van der Waals surface area contributed by atoms with E-state index in [1.807, 2.05) is 33.8 Å². The van der Waals surface area contributed by atoms with Crippen LogP contribution in [0.2, 0.25) is 0 Å². The van der Waals surface area contributed by atoms with Gasteiger partial charge in [0.15, 0.2) is 17.4 Å². The molecule has 7 heteroatoms. The zero-order chi connectivity index (χ0) is 19.1. The third-order valence-electron chi connectivity index (χ3n) is 4.55. The van der Waals surface area contributed by atoms with Crippen LogP contribution >= 0.6 is 0 Å². The number of ether oxygens (including phenoxy) is 2. The lowest BCUT2D eigenvalue weighted by Crippen LogP contribution is -2.14. The van der Waals surface area contributed by atoms with E-state index in [-0.39, 0.29) is 11.3 Å². The molecule has 1 fully saturated rings. The quantitative estimate of drug-likeness (QED) is 0.335. The number of carbonyl (C=O) groups excluding carboxylic acids is 1. The van der Waals surface area contributed by atoms with Crippen LogP contribution in [0.4, 0.5) is 17.6 Å². The molecular weight excluding hydrogens is 340 g/mol. The Morgan fingerprint density at radius 1 is 1.08 bits per heavy atom. The molecule has 0 radical (unpaired) electrons. The number of esters is 1. The van der Waals surface area contributed by atoms with Crippen molar-refractivity contribution >= 4 is 5.97 Å². The maximum absolute atomic E-state index is 13.9. The van der Waals surface area contributed by atoms with E-state index >= 15 is 0 Å². The second kappa shape index (κ2) is 6.69. The number of methoxy groups -OCH3 is 1. The van der Waals surface area contributed by atoms with E-state index in [2.05, 4.69) is 4.74 Å². The Morgan fingerprint density at radius 2 is 1.60 bits per heavy atom. The predicted molar refractivity (Wildman–Crippen MR) is 82.8 cm³/mol. The Kier molecular flexibility index (Phi) is 5.16. The standard InChI is InChI=1S/C18H20F4O3/c1-8(2)6-10-11(18(10,3)4)17(23)25-7-9-12(19)14(21)16(24-5)15(22)13(9)20/h6,10-11H,7H2,1-5H3/t10-,11-/m0/s1. The Bertz CT molecular complexity index is 707. The van der Waals surface area contributed by atoms with E-state index in [1.54, 1.807) is 0 Å². The van der Waals surface area contributed by atoms with Gasteiger partial charge in [-0.15, -0.1) is 0 Å². The van der Waals surface area contributed by atoms with Crippen molar-refractivity contribution in [1.29, 1.82) is 0 Å². The lowest BCUT2D eigenvalue weighted by Gasteiger charge is -2.11. The molecule has 0 amide bonds. The molecule has 1 saturated carbocycles. The van der Waals surface area contributed by atoms with E-state index in [0.717, 1.165) is 12.7 Å². The Morgan fingerprint density at radius 3 is 2.04 bits per heavy atom. The van der Waals surface area contributed by atoms with Gasteiger partial charge in [0, 0.05) is 0 Å². The van der Waals surface area contributed by atoms with E-state index < -0.39 is 53.1 Å². The summed E-state index contributed by atoms with van der Waals surface area (Å²) in [5.41, 5.74) is -0.298. The van der Waals surface area contributed by atoms with Gasteiger partial charge in [0.2, 0.25) is 11.6 Å². The van der Waals surface area contributed by atoms with Crippen molar-refractivity contribution in [3.63, 3.8) is 0 Å². The fourth-order valence-corrected chi connectivity index (χ4v) is 2.99. The van der Waals surface area contributed by atoms with Gasteiger partial charge in [-0.3, -0.25) is 4.79 Å². The van der Waals surface area contributed by atoms with E-state index in [0.29, 0.717) is 0 Å². The van der Waals surface area contributed by atoms with Crippen LogP contribution in [-0.4, -0.2) is 13.1 Å². The highest BCUT2D eigenvalue weighted by Crippen LogP contribution is 2.59. The van der Waals surface area contributed by atoms with Crippen molar-refractivity contribution < 1.29 is 31.8 Å². The third kappa shape index (κ3) is 3.37. The van der Waals surface area contributed by atoms with Crippen molar-refractivity contribution in [3.8, 4) is 5.75 Å². The van der Waals surface area contributed by atoms with Crippen molar-refractivity contribution in [2.45, 2.75) is 34.3 Å². The number of allylic oxidation sites excluding steroid dienone is 2. The van der Waals surface area contributed by atoms with E-state index in [9.17, 15) is 22.4 Å². The second-order valence-corrected chi connectivity index (χ2v) is 6.94. The average Bonchev–Trinajstić information content (AvgIpc) is 3.05. The zero-order valence-electron chi connectivity index (χ0n) is 14.7. The van der Waals surface area contributed by atoms with Crippen LogP contribution in [0.25, 0.3) is 0 Å². The van der Waals surface area contributed by atoms with Gasteiger partial charge in [0.05, 0.1) is 18.6 Å². The van der Waals surface area contributed by atoms with Crippen molar-refractivity contribution in [2.24, 2.45) is 17.3 Å². The fourth-order valence-electron chi connectivity index (χ4n) is 2.99. The van der Waals surface area contributed by atoms with Gasteiger partial charge < -0.3 is 9.47 Å². The molecule has 1 aromatic rings. The molecule has 2 rings (SSSR count). The summed E-state index contributed by atoms with van der Waals surface area (Å²) < 4.78 is 64.4. The van der Waals surface area contributed by atoms with Crippen LogP contribution in [-0.2, 0) is 16.1 Å². The summed E-state index contributed by atoms with van der Waals surface area (Å²) in [7, 11) is 0.888. The first-order chi connectivity index (χ1) is 11.5. The molecule has 0 saturated heterocycles. The highest BCUT2D eigenvalue weighted by molar-refractivity contribution is 5.78. The number of rotatable bonds is 5. The van der Waals surface area contributed by atoms with Crippen molar-refractivity contribution in [3.05, 3.63) is 40.5 Å². The molecular formula is C18H20F4O3. The highest BCUT2D eigenvalue weighted by Gasteiger charge is 2.61. The first-order valence-electron chi connectivity index (χ1n) is 7.74. The Balaban J connectivity index is 2.18. The van der Waals surface area contributed by atoms with Crippen molar-refractivity contribution in [2.75, 3.05) is 7.11 Å². The minimum Gasteiger partial charge on any atom is -0.491 e. The molecule has 0 bridgehead atoms. The van der Waals surface area contributed by atoms with Gasteiger partial charge in [0.25, 0.3) is 0 Å². The van der Waals surface area contributed by atoms with Gasteiger partial charge in [-0.2, -0.15) is 8.78 Å². The van der Waals surface area contributed by atoms with Gasteiger partial charge in [0.1, 0.15) is 6.61 Å². The summed E-state index contributed by atoms with van der Waals surface area (Å²) >= 11 is 0. The number of halogens is 4. The number of carbonyl (C=O) groups is 1. The van der Waals surface area contributed by atoms with Crippen LogP contribution in [0, 0.1) is 40.5 Å². The van der Waals surface area contributed by atoms with Crippen LogP contribution in [0.15, 0.2) is 11.6 Å². The largest absolute Gasteiger partial charge is 0.491 e. The van der Waals surface area contributed by atoms with Crippen LogP contribution in [0.3, 0.4) is 0 Å². The summed E-state index contributed by atoms with van der Waals surface area (Å²) in [5.74, 6) is -8.95. The predicted octanol–water partition coefficient (Wildman–Crippen LogP) is 4.53. The smallest absolute Gasteiger partial charge is 0.310 e. The average molecular weight is 360 g/mol. The van der Waals surface area contributed by atoms with Gasteiger partial charge in [-0.25, -0.2) is 8.78 Å². The molecule has 0 heterocycles. The summed E-state index contributed by atoms with van der Waals surface area (Å²) in [5, 5.41) is 0. The minimum absolute atomic E-state index is 0.0518. The lowest BCUT2D eigenvalue weighted by molar-refractivity contribution is -0.147. The fraction of sp³-hybridized carbons (Fsp3) is 0.500. The maximum atomic E-state index is 13.9. The SMILES string of the molecule is COc1c(F)c(F)c(COC(=O)[C@@H]2[C@H](C=C(C)C)C2(C)C)c(F)c1F. The molecule has 25 heavy (non-hydrogen) atoms. The summed E-state index contributed by atoms with van der Waals surface area (Å²) in [6.07, 6.45) is 1.93. The topological polar surface area (TPSA) is 35.5 Å². The first-order valence-corrected chi connectivity index (χ1v) is 7.74. The monoisotopic (exact) mass is 360 g/mol. The molecule has 138 valence electrons.